The van der Waals surface area contributed by atoms with Crippen molar-refractivity contribution in [1.29, 1.82) is 5.41 Å². The number of fused-ring (bicyclic) bond motifs is 1. The van der Waals surface area contributed by atoms with Crippen LogP contribution in [0.25, 0.3) is 17.3 Å². The number of hydrogen-bond donors (Lipinski definition) is 2. The maximum absolute atomic E-state index is 12.2. The monoisotopic (exact) mass is 346 g/mol. The molecule has 0 fully saturated rings. The first kappa shape index (κ1) is 15.7. The largest absolute Gasteiger partial charge is 0.283 e. The van der Waals surface area contributed by atoms with Gasteiger partial charge >= 0.3 is 0 Å². The molecule has 2 heterocycles. The van der Waals surface area contributed by atoms with Gasteiger partial charge in [-0.15, -0.1) is 0 Å². The van der Waals surface area contributed by atoms with Crippen molar-refractivity contribution in [3.05, 3.63) is 60.6 Å². The fraction of sp³-hybridized carbons (Fsp3) is 0.188. The summed E-state index contributed by atoms with van der Waals surface area (Å²) in [6, 6.07) is 7.13. The molecule has 5 nitrogen and oxygen atoms in total. The summed E-state index contributed by atoms with van der Waals surface area (Å²) in [5.41, 5.74) is 0.426. The van der Waals surface area contributed by atoms with E-state index in [1.54, 1.807) is 24.3 Å². The van der Waals surface area contributed by atoms with Crippen LogP contribution in [0.5, 0.6) is 0 Å². The molecule has 0 atom stereocenters. The summed E-state index contributed by atoms with van der Waals surface area (Å²) in [5.74, 6) is 0.360. The minimum atomic E-state index is -0.415. The lowest BCUT2D eigenvalue weighted by atomic mass is 10.2. The third-order valence-corrected chi connectivity index (χ3v) is 4.30. The summed E-state index contributed by atoms with van der Waals surface area (Å²) in [4.78, 5) is 16.3. The van der Waals surface area contributed by atoms with Gasteiger partial charge in [-0.2, -0.15) is 4.98 Å². The van der Waals surface area contributed by atoms with E-state index in [2.05, 4.69) is 23.9 Å². The molecule has 2 aliphatic rings. The number of benzene rings is 1. The highest BCUT2D eigenvalue weighted by atomic mass is 35.5. The lowest BCUT2D eigenvalue weighted by molar-refractivity contribution is 0.747. The molecule has 0 unspecified atom stereocenters. The van der Waals surface area contributed by atoms with Crippen LogP contribution < -0.4 is 20.9 Å². The zero-order chi connectivity index (χ0) is 16.6. The van der Waals surface area contributed by atoms with Crippen molar-refractivity contribution in [2.75, 3.05) is 0 Å². The molecule has 1 aromatic rings. The molecule has 0 saturated carbocycles. The van der Waals surface area contributed by atoms with Crippen LogP contribution in [0.3, 0.4) is 0 Å². The zero-order valence-electron chi connectivity index (χ0n) is 12.6. The number of hydrogen-bond acceptors (Lipinski definition) is 4. The summed E-state index contributed by atoms with van der Waals surface area (Å²) in [6.45, 7) is 4.13. The van der Waals surface area contributed by atoms with Gasteiger partial charge in [-0.3, -0.25) is 15.3 Å². The Hall–Kier alpha value is -2.18. The standard InChI is InChI=1S/C16H15ClN4OS/c1-9(2)6-13-20-21-14(18)12(15(22)19-16(21)23-13)8-10-4-3-5-11(17)7-10/h3-9,18,20H,1-2H3. The molecule has 0 amide bonds. The Morgan fingerprint density at radius 2 is 2.22 bits per heavy atom. The van der Waals surface area contributed by atoms with E-state index >= 15 is 0 Å². The summed E-state index contributed by atoms with van der Waals surface area (Å²) in [6.07, 6.45) is 3.66. The second kappa shape index (κ2) is 6.14. The molecule has 0 aromatic heterocycles. The molecule has 2 aliphatic heterocycles. The van der Waals surface area contributed by atoms with Crippen LogP contribution in [0.15, 0.2) is 29.1 Å². The van der Waals surface area contributed by atoms with E-state index in [0.29, 0.717) is 16.1 Å². The molecule has 0 spiro atoms. The predicted octanol–water partition coefficient (Wildman–Crippen LogP) is 1.46. The quantitative estimate of drug-likeness (QED) is 0.737. The highest BCUT2D eigenvalue weighted by Gasteiger charge is 2.10. The maximum Gasteiger partial charge on any atom is 0.283 e. The molecular formula is C16H15ClN4OS. The second-order valence-corrected chi connectivity index (χ2v) is 6.93. The first-order valence-corrected chi connectivity index (χ1v) is 8.29. The summed E-state index contributed by atoms with van der Waals surface area (Å²) >= 11 is 7.32. The summed E-state index contributed by atoms with van der Waals surface area (Å²) < 4.78 is 2.40. The molecule has 118 valence electrons. The van der Waals surface area contributed by atoms with Crippen molar-refractivity contribution in [1.82, 2.24) is 14.8 Å². The van der Waals surface area contributed by atoms with E-state index in [4.69, 9.17) is 17.0 Å². The number of nitrogens with one attached hydrogen (secondary N) is 2. The van der Waals surface area contributed by atoms with Crippen LogP contribution >= 0.6 is 22.9 Å². The van der Waals surface area contributed by atoms with Gasteiger partial charge in [-0.25, -0.2) is 4.68 Å². The first-order chi connectivity index (χ1) is 10.9. The third kappa shape index (κ3) is 3.28. The van der Waals surface area contributed by atoms with Gasteiger partial charge in [0, 0.05) is 5.02 Å². The van der Waals surface area contributed by atoms with Crippen molar-refractivity contribution in [3.8, 4) is 5.13 Å². The molecule has 1 aromatic carbocycles. The zero-order valence-corrected chi connectivity index (χ0v) is 14.2. The Morgan fingerprint density at radius 1 is 1.43 bits per heavy atom. The Kier molecular flexibility index (Phi) is 4.19. The number of halogens is 1. The first-order valence-electron chi connectivity index (χ1n) is 7.09. The lowest BCUT2D eigenvalue weighted by Gasteiger charge is -2.00. The highest BCUT2D eigenvalue weighted by Crippen LogP contribution is 2.10. The topological polar surface area (TPSA) is 74.5 Å². The van der Waals surface area contributed by atoms with Gasteiger partial charge in [0.1, 0.15) is 4.66 Å². The smallest absolute Gasteiger partial charge is 0.282 e. The van der Waals surface area contributed by atoms with Gasteiger partial charge in [0.25, 0.3) is 5.56 Å². The van der Waals surface area contributed by atoms with E-state index in [-0.39, 0.29) is 10.7 Å². The molecule has 23 heavy (non-hydrogen) atoms. The van der Waals surface area contributed by atoms with Gasteiger partial charge < -0.3 is 0 Å². The number of nitrogens with zero attached hydrogens (tertiary/aromatic N) is 2. The number of rotatable bonds is 2. The van der Waals surface area contributed by atoms with Gasteiger partial charge in [-0.1, -0.05) is 48.9 Å². The van der Waals surface area contributed by atoms with E-state index in [1.165, 1.54) is 16.0 Å². The molecule has 3 rings (SSSR count). The minimum absolute atomic E-state index is 0.0830. The van der Waals surface area contributed by atoms with Crippen molar-refractivity contribution in [2.24, 2.45) is 5.92 Å². The number of aromatic amines is 1. The molecule has 0 saturated heterocycles. The Balaban J connectivity index is 2.29. The van der Waals surface area contributed by atoms with Gasteiger partial charge in [0.2, 0.25) is 5.13 Å². The minimum Gasteiger partial charge on any atom is -0.282 e. The molecule has 0 bridgehead atoms. The maximum atomic E-state index is 12.2. The van der Waals surface area contributed by atoms with E-state index in [1.807, 2.05) is 12.1 Å². The average molecular weight is 347 g/mol. The summed E-state index contributed by atoms with van der Waals surface area (Å²) in [7, 11) is 0. The molecule has 2 N–H and O–H groups in total. The van der Waals surface area contributed by atoms with Crippen molar-refractivity contribution < 1.29 is 0 Å². The van der Waals surface area contributed by atoms with Crippen molar-refractivity contribution in [3.63, 3.8) is 0 Å². The summed E-state index contributed by atoms with van der Waals surface area (Å²) in [5, 5.41) is 12.7. The van der Waals surface area contributed by atoms with E-state index < -0.39 is 5.56 Å². The normalized spacial score (nSPS) is 13.4. The molecule has 0 radical (unpaired) electrons. The second-order valence-electron chi connectivity index (χ2n) is 5.49. The van der Waals surface area contributed by atoms with Gasteiger partial charge in [0.05, 0.1) is 5.22 Å². The molecule has 7 heteroatoms. The number of H-pyrrole nitrogens is 1. The van der Waals surface area contributed by atoms with Crippen LogP contribution in [-0.4, -0.2) is 14.8 Å². The fourth-order valence-electron chi connectivity index (χ4n) is 2.19. The van der Waals surface area contributed by atoms with Crippen molar-refractivity contribution >= 4 is 35.1 Å². The fourth-order valence-corrected chi connectivity index (χ4v) is 3.41. The van der Waals surface area contributed by atoms with Crippen LogP contribution in [0.1, 0.15) is 19.4 Å². The Labute approximate surface area is 141 Å². The van der Waals surface area contributed by atoms with Crippen LogP contribution in [-0.2, 0) is 0 Å². The SMILES string of the molecule is CC(C)C=c1[nH]n2c(=N)c(=Cc3cccc(Cl)c3)c(=O)nc-2s1. The van der Waals surface area contributed by atoms with Gasteiger partial charge in [0.15, 0.2) is 5.49 Å². The highest BCUT2D eigenvalue weighted by molar-refractivity contribution is 7.11. The number of aromatic nitrogens is 3. The third-order valence-electron chi connectivity index (χ3n) is 3.17. The van der Waals surface area contributed by atoms with Crippen LogP contribution in [0, 0.1) is 11.3 Å². The lowest BCUT2D eigenvalue weighted by Crippen LogP contribution is -2.47. The Morgan fingerprint density at radius 3 is 2.91 bits per heavy atom. The van der Waals surface area contributed by atoms with E-state index in [9.17, 15) is 4.79 Å². The van der Waals surface area contributed by atoms with Crippen LogP contribution in [0.2, 0.25) is 5.02 Å². The van der Waals surface area contributed by atoms with Crippen LogP contribution in [0.4, 0.5) is 0 Å². The van der Waals surface area contributed by atoms with Gasteiger partial charge in [-0.05, 0) is 35.8 Å². The molecule has 0 aliphatic carbocycles. The Bertz CT molecular complexity index is 1060. The van der Waals surface area contributed by atoms with E-state index in [0.717, 1.165) is 10.2 Å². The van der Waals surface area contributed by atoms with Crippen molar-refractivity contribution in [2.45, 2.75) is 13.8 Å². The average Bonchev–Trinajstić information content (AvgIpc) is 2.85. The molecular weight excluding hydrogens is 332 g/mol. The predicted molar refractivity (Wildman–Crippen MR) is 92.7 cm³/mol.